The molecule has 1 aromatic carbocycles. The molecule has 2 rings (SSSR count). The smallest absolute Gasteiger partial charge is 0.329 e. The van der Waals surface area contributed by atoms with E-state index in [1.807, 2.05) is 0 Å². The van der Waals surface area contributed by atoms with Gasteiger partial charge in [0.05, 0.1) is 0 Å². The van der Waals surface area contributed by atoms with E-state index in [0.717, 1.165) is 0 Å². The SMILES string of the molecule is CC(=O)Nc1ccc(C(=O)NC2(C(=O)O)CC2)cc1. The first kappa shape index (κ1) is 13.1. The third-order valence-electron chi connectivity index (χ3n) is 2.98. The number of nitrogens with one attached hydrogen (secondary N) is 2. The zero-order valence-corrected chi connectivity index (χ0v) is 10.4. The molecular formula is C13H14N2O4. The van der Waals surface area contributed by atoms with Crippen LogP contribution in [0.15, 0.2) is 24.3 Å². The third-order valence-corrected chi connectivity index (χ3v) is 2.98. The molecule has 0 aliphatic heterocycles. The Bertz CT molecular complexity index is 532. The largest absolute Gasteiger partial charge is 0.480 e. The van der Waals surface area contributed by atoms with Crippen molar-refractivity contribution in [2.45, 2.75) is 25.3 Å². The highest BCUT2D eigenvalue weighted by atomic mass is 16.4. The number of anilines is 1. The highest BCUT2D eigenvalue weighted by molar-refractivity contribution is 5.99. The molecule has 0 unspecified atom stereocenters. The van der Waals surface area contributed by atoms with Crippen LogP contribution in [-0.4, -0.2) is 28.4 Å². The fraction of sp³-hybridized carbons (Fsp3) is 0.308. The fourth-order valence-electron chi connectivity index (χ4n) is 1.72. The minimum absolute atomic E-state index is 0.194. The molecule has 0 spiro atoms. The van der Waals surface area contributed by atoms with E-state index >= 15 is 0 Å². The molecule has 1 aliphatic rings. The van der Waals surface area contributed by atoms with Crippen molar-refractivity contribution in [1.29, 1.82) is 0 Å². The van der Waals surface area contributed by atoms with E-state index in [-0.39, 0.29) is 5.91 Å². The van der Waals surface area contributed by atoms with Gasteiger partial charge in [0, 0.05) is 18.2 Å². The van der Waals surface area contributed by atoms with Crippen molar-refractivity contribution >= 4 is 23.5 Å². The van der Waals surface area contributed by atoms with Crippen LogP contribution in [0.5, 0.6) is 0 Å². The molecule has 1 fully saturated rings. The van der Waals surface area contributed by atoms with Crippen LogP contribution >= 0.6 is 0 Å². The van der Waals surface area contributed by atoms with Gasteiger partial charge in [-0.1, -0.05) is 0 Å². The first-order valence-corrected chi connectivity index (χ1v) is 5.86. The summed E-state index contributed by atoms with van der Waals surface area (Å²) in [6.45, 7) is 1.39. The monoisotopic (exact) mass is 262 g/mol. The van der Waals surface area contributed by atoms with Crippen LogP contribution in [0.4, 0.5) is 5.69 Å². The highest BCUT2D eigenvalue weighted by Gasteiger charge is 2.51. The maximum Gasteiger partial charge on any atom is 0.329 e. The maximum atomic E-state index is 11.9. The molecule has 0 atom stereocenters. The van der Waals surface area contributed by atoms with Gasteiger partial charge in [0.2, 0.25) is 5.91 Å². The second-order valence-electron chi connectivity index (χ2n) is 4.60. The minimum Gasteiger partial charge on any atom is -0.480 e. The first-order chi connectivity index (χ1) is 8.93. The lowest BCUT2D eigenvalue weighted by molar-refractivity contribution is -0.140. The summed E-state index contributed by atoms with van der Waals surface area (Å²) in [5, 5.41) is 14.1. The van der Waals surface area contributed by atoms with Crippen LogP contribution in [0.25, 0.3) is 0 Å². The molecule has 1 saturated carbocycles. The third kappa shape index (κ3) is 2.90. The zero-order chi connectivity index (χ0) is 14.0. The van der Waals surface area contributed by atoms with E-state index < -0.39 is 17.4 Å². The van der Waals surface area contributed by atoms with Crippen LogP contribution in [-0.2, 0) is 9.59 Å². The number of carboxylic acids is 1. The Morgan fingerprint density at radius 3 is 2.16 bits per heavy atom. The van der Waals surface area contributed by atoms with Gasteiger partial charge in [0.1, 0.15) is 5.54 Å². The van der Waals surface area contributed by atoms with E-state index in [1.54, 1.807) is 24.3 Å². The van der Waals surface area contributed by atoms with Crippen molar-refractivity contribution in [2.24, 2.45) is 0 Å². The lowest BCUT2D eigenvalue weighted by Gasteiger charge is -2.12. The van der Waals surface area contributed by atoms with Crippen LogP contribution in [0.1, 0.15) is 30.1 Å². The summed E-state index contributed by atoms with van der Waals surface area (Å²) in [5.74, 6) is -1.62. The number of amides is 2. The number of hydrogen-bond donors (Lipinski definition) is 3. The second kappa shape index (κ2) is 4.72. The molecule has 6 heteroatoms. The quantitative estimate of drug-likeness (QED) is 0.754. The Balaban J connectivity index is 2.04. The normalized spacial score (nSPS) is 15.4. The number of aliphatic carboxylic acids is 1. The van der Waals surface area contributed by atoms with E-state index in [0.29, 0.717) is 24.1 Å². The lowest BCUT2D eigenvalue weighted by atomic mass is 10.1. The van der Waals surface area contributed by atoms with Gasteiger partial charge in [0.25, 0.3) is 5.91 Å². The average molecular weight is 262 g/mol. The molecule has 6 nitrogen and oxygen atoms in total. The highest BCUT2D eigenvalue weighted by Crippen LogP contribution is 2.35. The Kier molecular flexibility index (Phi) is 3.25. The van der Waals surface area contributed by atoms with Crippen LogP contribution in [0, 0.1) is 0 Å². The molecule has 2 amide bonds. The van der Waals surface area contributed by atoms with Gasteiger partial charge in [-0.05, 0) is 37.1 Å². The molecule has 100 valence electrons. The molecule has 1 aromatic rings. The molecule has 0 saturated heterocycles. The molecule has 0 bridgehead atoms. The van der Waals surface area contributed by atoms with Gasteiger partial charge < -0.3 is 15.7 Å². The van der Waals surface area contributed by atoms with Crippen LogP contribution < -0.4 is 10.6 Å². The number of rotatable bonds is 4. The summed E-state index contributed by atoms with van der Waals surface area (Å²) < 4.78 is 0. The van der Waals surface area contributed by atoms with Gasteiger partial charge >= 0.3 is 5.97 Å². The topological polar surface area (TPSA) is 95.5 Å². The first-order valence-electron chi connectivity index (χ1n) is 5.86. The van der Waals surface area contributed by atoms with Crippen LogP contribution in [0.3, 0.4) is 0 Å². The van der Waals surface area contributed by atoms with Gasteiger partial charge in [-0.25, -0.2) is 4.79 Å². The fourth-order valence-corrected chi connectivity index (χ4v) is 1.72. The van der Waals surface area contributed by atoms with Crippen molar-refractivity contribution in [3.05, 3.63) is 29.8 Å². The zero-order valence-electron chi connectivity index (χ0n) is 10.4. The van der Waals surface area contributed by atoms with Crippen molar-refractivity contribution in [3.63, 3.8) is 0 Å². The summed E-state index contributed by atoms with van der Waals surface area (Å²) in [5.41, 5.74) is -0.141. The van der Waals surface area contributed by atoms with Crippen LogP contribution in [0.2, 0.25) is 0 Å². The second-order valence-corrected chi connectivity index (χ2v) is 4.60. The number of carbonyl (C=O) groups excluding carboxylic acids is 2. The predicted molar refractivity (Wildman–Crippen MR) is 67.8 cm³/mol. The molecule has 0 aromatic heterocycles. The number of carbonyl (C=O) groups is 3. The minimum atomic E-state index is -1.09. The van der Waals surface area contributed by atoms with Gasteiger partial charge in [0.15, 0.2) is 0 Å². The predicted octanol–water partition coefficient (Wildman–Crippen LogP) is 0.992. The number of hydrogen-bond acceptors (Lipinski definition) is 3. The number of carboxylic acid groups (broad SMARTS) is 1. The van der Waals surface area contributed by atoms with Crippen molar-refractivity contribution in [1.82, 2.24) is 5.32 Å². The molecule has 3 N–H and O–H groups in total. The average Bonchev–Trinajstić information content (AvgIpc) is 3.10. The van der Waals surface area contributed by atoms with Gasteiger partial charge in [-0.15, -0.1) is 0 Å². The summed E-state index contributed by atoms with van der Waals surface area (Å²) in [4.78, 5) is 33.7. The molecule has 0 radical (unpaired) electrons. The van der Waals surface area contributed by atoms with E-state index in [4.69, 9.17) is 5.11 Å². The van der Waals surface area contributed by atoms with Crippen molar-refractivity contribution < 1.29 is 19.5 Å². The number of benzene rings is 1. The summed E-state index contributed by atoms with van der Waals surface area (Å²) in [6.07, 6.45) is 0.913. The van der Waals surface area contributed by atoms with Crippen molar-refractivity contribution in [2.75, 3.05) is 5.32 Å². The van der Waals surface area contributed by atoms with Gasteiger partial charge in [-0.3, -0.25) is 9.59 Å². The molecular weight excluding hydrogens is 248 g/mol. The Hall–Kier alpha value is -2.37. The molecule has 1 aliphatic carbocycles. The summed E-state index contributed by atoms with van der Waals surface area (Å²) in [7, 11) is 0. The Labute approximate surface area is 109 Å². The summed E-state index contributed by atoms with van der Waals surface area (Å²) in [6, 6.07) is 6.27. The molecule has 19 heavy (non-hydrogen) atoms. The van der Waals surface area contributed by atoms with Crippen molar-refractivity contribution in [3.8, 4) is 0 Å². The summed E-state index contributed by atoms with van der Waals surface area (Å²) >= 11 is 0. The molecule has 0 heterocycles. The standard InChI is InChI=1S/C13H14N2O4/c1-8(16)14-10-4-2-9(3-5-10)11(17)15-13(6-7-13)12(18)19/h2-5H,6-7H2,1H3,(H,14,16)(H,15,17)(H,18,19). The Morgan fingerprint density at radius 2 is 1.74 bits per heavy atom. The van der Waals surface area contributed by atoms with E-state index in [2.05, 4.69) is 10.6 Å². The lowest BCUT2D eigenvalue weighted by Crippen LogP contribution is -2.43. The van der Waals surface area contributed by atoms with E-state index in [1.165, 1.54) is 6.92 Å². The maximum absolute atomic E-state index is 11.9. The van der Waals surface area contributed by atoms with E-state index in [9.17, 15) is 14.4 Å². The van der Waals surface area contributed by atoms with Gasteiger partial charge in [-0.2, -0.15) is 0 Å². The Morgan fingerprint density at radius 1 is 1.16 bits per heavy atom.